The van der Waals surface area contributed by atoms with Gasteiger partial charge in [0, 0.05) is 69.0 Å². The van der Waals surface area contributed by atoms with Crippen molar-refractivity contribution in [2.24, 2.45) is 22.7 Å². The Morgan fingerprint density at radius 1 is 1.11 bits per heavy atom. The number of pyridine rings is 1. The molecule has 2 aromatic rings. The Morgan fingerprint density at radius 2 is 1.86 bits per heavy atom. The van der Waals surface area contributed by atoms with Crippen molar-refractivity contribution in [3.05, 3.63) is 46.2 Å². The molecule has 0 N–H and O–H groups in total. The van der Waals surface area contributed by atoms with E-state index in [0.29, 0.717) is 50.2 Å². The molecule has 0 unspecified atom stereocenters. The van der Waals surface area contributed by atoms with Crippen molar-refractivity contribution < 1.29 is 19.1 Å². The lowest BCUT2D eigenvalue weighted by molar-refractivity contribution is -0.148. The Hall–Kier alpha value is -2.36. The topological polar surface area (TPSA) is 84.9 Å². The van der Waals surface area contributed by atoms with E-state index in [1.807, 2.05) is 22.2 Å². The minimum Gasteiger partial charge on any atom is -0.381 e. The third-order valence-corrected chi connectivity index (χ3v) is 9.74. The summed E-state index contributed by atoms with van der Waals surface area (Å²) in [7, 11) is 0. The third kappa shape index (κ3) is 4.93. The Morgan fingerprint density at radius 3 is 2.57 bits per heavy atom. The zero-order valence-electron chi connectivity index (χ0n) is 21.7. The first kappa shape index (κ1) is 24.9. The van der Waals surface area contributed by atoms with Crippen LogP contribution in [-0.4, -0.2) is 77.6 Å². The van der Waals surface area contributed by atoms with E-state index in [9.17, 15) is 9.59 Å². The molecule has 2 amide bonds. The molecule has 2 atom stereocenters. The summed E-state index contributed by atoms with van der Waals surface area (Å²) < 4.78 is 11.8. The first-order valence-electron chi connectivity index (χ1n) is 13.4. The molecular weight excluding hydrogens is 488 g/mol. The van der Waals surface area contributed by atoms with Crippen LogP contribution in [0.15, 0.2) is 30.2 Å². The first-order valence-corrected chi connectivity index (χ1v) is 14.3. The number of hydrogen-bond donors (Lipinski definition) is 0. The highest BCUT2D eigenvalue weighted by atomic mass is 32.1. The van der Waals surface area contributed by atoms with Gasteiger partial charge in [-0.1, -0.05) is 19.9 Å². The number of likely N-dealkylation sites (tertiary alicyclic amines) is 2. The van der Waals surface area contributed by atoms with Crippen LogP contribution in [0.5, 0.6) is 0 Å². The smallest absolute Gasteiger partial charge is 0.265 e. The van der Waals surface area contributed by atoms with Gasteiger partial charge in [0.15, 0.2) is 0 Å². The Labute approximate surface area is 222 Å². The van der Waals surface area contributed by atoms with E-state index < -0.39 is 0 Å². The van der Waals surface area contributed by atoms with E-state index in [1.54, 1.807) is 11.7 Å². The molecule has 0 aromatic carbocycles. The highest BCUT2D eigenvalue weighted by Gasteiger charge is 2.60. The number of carbonyl (C=O) groups is 2. The molecule has 1 aliphatic carbocycles. The molecule has 0 bridgehead atoms. The van der Waals surface area contributed by atoms with Crippen LogP contribution < -0.4 is 0 Å². The van der Waals surface area contributed by atoms with Crippen molar-refractivity contribution in [2.75, 3.05) is 46.0 Å². The van der Waals surface area contributed by atoms with Crippen LogP contribution in [-0.2, 0) is 20.9 Å². The van der Waals surface area contributed by atoms with Gasteiger partial charge in [0.1, 0.15) is 4.88 Å². The number of hydrogen-bond acceptors (Lipinski definition) is 7. The summed E-state index contributed by atoms with van der Waals surface area (Å²) >= 11 is 1.38. The van der Waals surface area contributed by atoms with E-state index in [2.05, 4.69) is 29.9 Å². The lowest BCUT2D eigenvalue weighted by atomic mass is 9.71. The van der Waals surface area contributed by atoms with Crippen LogP contribution in [0, 0.1) is 22.7 Å². The number of aromatic nitrogens is 2. The molecule has 198 valence electrons. The minimum absolute atomic E-state index is 0.0332. The normalized spacial score (nSPS) is 26.3. The Balaban J connectivity index is 1.10. The van der Waals surface area contributed by atoms with E-state index >= 15 is 0 Å². The van der Waals surface area contributed by atoms with Crippen molar-refractivity contribution in [1.29, 1.82) is 0 Å². The molecule has 4 fully saturated rings. The maximum atomic E-state index is 13.1. The summed E-state index contributed by atoms with van der Waals surface area (Å²) in [5.41, 5.74) is 4.06. The van der Waals surface area contributed by atoms with Crippen LogP contribution in [0.3, 0.4) is 0 Å². The lowest BCUT2D eigenvalue weighted by Crippen LogP contribution is -2.63. The Kier molecular flexibility index (Phi) is 6.57. The molecule has 4 aliphatic rings. The van der Waals surface area contributed by atoms with Gasteiger partial charge in [0.05, 0.1) is 24.9 Å². The predicted molar refractivity (Wildman–Crippen MR) is 139 cm³/mol. The standard InChI is InChI=1S/C28H36N4O4S/c1-27(2)8-23(27)25(33)32-16-28(17-32)15-31(26(34)24-11-30-18-37-24)12-22(28)14-36-13-19-7-21(10-29-9-19)20-3-5-35-6-4-20/h7,9-11,18,20,22-23H,3-6,8,12-17H2,1-2H3/t22-,23+/m0/s1. The number of nitrogens with zero attached hydrogens (tertiary/aromatic N) is 4. The van der Waals surface area contributed by atoms with Gasteiger partial charge in [-0.05, 0) is 41.7 Å². The molecule has 37 heavy (non-hydrogen) atoms. The number of amides is 2. The highest BCUT2D eigenvalue weighted by Crippen LogP contribution is 2.54. The summed E-state index contributed by atoms with van der Waals surface area (Å²) in [6, 6.07) is 2.22. The Bertz CT molecular complexity index is 1140. The van der Waals surface area contributed by atoms with Crippen LogP contribution >= 0.6 is 11.3 Å². The van der Waals surface area contributed by atoms with Crippen LogP contribution in [0.25, 0.3) is 0 Å². The van der Waals surface area contributed by atoms with Gasteiger partial charge in [0.25, 0.3) is 5.91 Å². The van der Waals surface area contributed by atoms with Crippen molar-refractivity contribution >= 4 is 23.2 Å². The predicted octanol–water partition coefficient (Wildman–Crippen LogP) is 3.60. The summed E-state index contributed by atoms with van der Waals surface area (Å²) in [5.74, 6) is 1.14. The highest BCUT2D eigenvalue weighted by molar-refractivity contribution is 7.11. The lowest BCUT2D eigenvalue weighted by Gasteiger charge is -2.51. The molecule has 0 radical (unpaired) electrons. The molecule has 9 heteroatoms. The van der Waals surface area contributed by atoms with Crippen molar-refractivity contribution in [1.82, 2.24) is 19.8 Å². The molecule has 1 saturated carbocycles. The maximum Gasteiger partial charge on any atom is 0.265 e. The molecule has 6 rings (SSSR count). The molecular formula is C28H36N4O4S. The van der Waals surface area contributed by atoms with Crippen LogP contribution in [0.4, 0.5) is 0 Å². The van der Waals surface area contributed by atoms with Gasteiger partial charge in [-0.3, -0.25) is 19.6 Å². The monoisotopic (exact) mass is 524 g/mol. The minimum atomic E-state index is -0.1000. The summed E-state index contributed by atoms with van der Waals surface area (Å²) in [6.07, 6.45) is 8.54. The summed E-state index contributed by atoms with van der Waals surface area (Å²) in [5, 5.41) is 0. The molecule has 5 heterocycles. The van der Waals surface area contributed by atoms with Gasteiger partial charge in [-0.2, -0.15) is 0 Å². The first-order chi connectivity index (χ1) is 17.8. The molecule has 3 saturated heterocycles. The van der Waals surface area contributed by atoms with Crippen molar-refractivity contribution in [2.45, 2.75) is 45.6 Å². The number of thiazole rings is 1. The number of carbonyl (C=O) groups excluding carboxylic acids is 2. The third-order valence-electron chi connectivity index (χ3n) is 8.97. The van der Waals surface area contributed by atoms with E-state index in [-0.39, 0.29) is 34.5 Å². The van der Waals surface area contributed by atoms with Crippen molar-refractivity contribution in [3.63, 3.8) is 0 Å². The van der Waals surface area contributed by atoms with Crippen LogP contribution in [0.1, 0.15) is 59.8 Å². The maximum absolute atomic E-state index is 13.1. The van der Waals surface area contributed by atoms with Crippen LogP contribution in [0.2, 0.25) is 0 Å². The molecule has 8 nitrogen and oxygen atoms in total. The summed E-state index contributed by atoms with van der Waals surface area (Å²) in [4.78, 5) is 39.3. The summed E-state index contributed by atoms with van der Waals surface area (Å²) in [6.45, 7) is 9.73. The second-order valence-electron chi connectivity index (χ2n) is 12.1. The quantitative estimate of drug-likeness (QED) is 0.550. The number of rotatable bonds is 7. The number of ether oxygens (including phenoxy) is 2. The van der Waals surface area contributed by atoms with Gasteiger partial charge >= 0.3 is 0 Å². The van der Waals surface area contributed by atoms with Gasteiger partial charge in [-0.15, -0.1) is 11.3 Å². The van der Waals surface area contributed by atoms with Gasteiger partial charge < -0.3 is 19.3 Å². The average molecular weight is 525 g/mol. The fraction of sp³-hybridized carbons (Fsp3) is 0.643. The largest absolute Gasteiger partial charge is 0.381 e. The fourth-order valence-electron chi connectivity index (χ4n) is 6.39. The average Bonchev–Trinajstić information content (AvgIpc) is 3.26. The SMILES string of the molecule is CC1(C)C[C@@H]1C(=O)N1CC2(CN(C(=O)c3cncs3)C[C@H]2COCc2cncc(C3CCOCC3)c2)C1. The van der Waals surface area contributed by atoms with Gasteiger partial charge in [0.2, 0.25) is 5.91 Å². The molecule has 3 aliphatic heterocycles. The van der Waals surface area contributed by atoms with E-state index in [1.165, 1.54) is 16.9 Å². The van der Waals surface area contributed by atoms with Gasteiger partial charge in [-0.25, -0.2) is 0 Å². The fourth-order valence-corrected chi connectivity index (χ4v) is 6.98. The second kappa shape index (κ2) is 9.75. The zero-order valence-corrected chi connectivity index (χ0v) is 22.5. The molecule has 1 spiro atoms. The van der Waals surface area contributed by atoms with E-state index in [4.69, 9.17) is 9.47 Å². The molecule has 2 aromatic heterocycles. The zero-order chi connectivity index (χ0) is 25.6. The van der Waals surface area contributed by atoms with Crippen molar-refractivity contribution in [3.8, 4) is 0 Å². The second-order valence-corrected chi connectivity index (χ2v) is 13.0. The van der Waals surface area contributed by atoms with E-state index in [0.717, 1.165) is 38.0 Å².